The maximum absolute atomic E-state index is 13.7. The molecule has 2 atom stereocenters. The third-order valence-electron chi connectivity index (χ3n) is 6.96. The average molecular weight is 560 g/mol. The van der Waals surface area contributed by atoms with Crippen LogP contribution in [0.4, 0.5) is 4.79 Å². The Labute approximate surface area is 219 Å². The van der Waals surface area contributed by atoms with Gasteiger partial charge in [-0.3, -0.25) is 20.0 Å². The second kappa shape index (κ2) is 8.18. The van der Waals surface area contributed by atoms with Crippen molar-refractivity contribution in [3.05, 3.63) is 126 Å². The first-order valence-corrected chi connectivity index (χ1v) is 13.0. The van der Waals surface area contributed by atoms with Crippen molar-refractivity contribution in [2.75, 3.05) is 19.5 Å². The van der Waals surface area contributed by atoms with Gasteiger partial charge in [-0.25, -0.2) is 9.79 Å². The van der Waals surface area contributed by atoms with Crippen LogP contribution < -0.4 is 20.3 Å². The van der Waals surface area contributed by atoms with Gasteiger partial charge in [-0.2, -0.15) is 4.68 Å². The van der Waals surface area contributed by atoms with Crippen LogP contribution >= 0.6 is 27.3 Å². The molecular formula is C27H22BrN5O2S. The van der Waals surface area contributed by atoms with Gasteiger partial charge in [0.15, 0.2) is 0 Å². The molecule has 0 radical (unpaired) electrons. The number of aromatic nitrogens is 1. The molecule has 9 heteroatoms. The standard InChI is InChI=1S/C27H22BrN5O2S/c1-31-25(35)32(2)27(20-14-7-4-8-15-20)26(31,19-12-5-3-6-13-19)29-24-33(30-27)23(34)22(36-24)17-18-11-9-10-16-21(18)28/h3-17,30H,1-2H3/b22-17-. The summed E-state index contributed by atoms with van der Waals surface area (Å²) in [7, 11) is 3.51. The highest BCUT2D eigenvalue weighted by Crippen LogP contribution is 2.53. The largest absolute Gasteiger partial charge is 0.324 e. The van der Waals surface area contributed by atoms with E-state index in [1.54, 1.807) is 23.9 Å². The second-order valence-corrected chi connectivity index (χ2v) is 10.7. The number of carbonyl (C=O) groups is 1. The SMILES string of the molecule is CN1C(=O)N(C)C2(c3ccccc3)Nn3c(s/c(=C\c4ccccc4Br)c3=O)=NC12c1ccccc1. The number of rotatable bonds is 3. The van der Waals surface area contributed by atoms with E-state index in [0.717, 1.165) is 21.2 Å². The van der Waals surface area contributed by atoms with Crippen LogP contribution in [0.25, 0.3) is 6.08 Å². The molecule has 0 bridgehead atoms. The zero-order valence-corrected chi connectivity index (χ0v) is 22.0. The number of halogens is 1. The number of amides is 2. The lowest BCUT2D eigenvalue weighted by molar-refractivity contribution is 0.0648. The summed E-state index contributed by atoms with van der Waals surface area (Å²) in [6.45, 7) is 0. The van der Waals surface area contributed by atoms with Crippen LogP contribution in [0.15, 0.2) is 99.2 Å². The van der Waals surface area contributed by atoms with Gasteiger partial charge in [0, 0.05) is 29.7 Å². The Morgan fingerprint density at radius 1 is 0.861 bits per heavy atom. The van der Waals surface area contributed by atoms with Crippen LogP contribution in [0.2, 0.25) is 0 Å². The van der Waals surface area contributed by atoms with Crippen molar-refractivity contribution < 1.29 is 4.79 Å². The van der Waals surface area contributed by atoms with E-state index in [1.165, 1.54) is 16.0 Å². The lowest BCUT2D eigenvalue weighted by atomic mass is 9.80. The molecule has 1 fully saturated rings. The minimum absolute atomic E-state index is 0.206. The van der Waals surface area contributed by atoms with Crippen LogP contribution in [-0.2, 0) is 11.3 Å². The first kappa shape index (κ1) is 22.8. The van der Waals surface area contributed by atoms with Crippen LogP contribution in [0.1, 0.15) is 16.7 Å². The zero-order chi connectivity index (χ0) is 25.1. The van der Waals surface area contributed by atoms with Crippen molar-refractivity contribution in [2.24, 2.45) is 4.99 Å². The molecule has 1 N–H and O–H groups in total. The molecule has 2 amide bonds. The molecule has 0 saturated carbocycles. The third-order valence-corrected chi connectivity index (χ3v) is 8.66. The summed E-state index contributed by atoms with van der Waals surface area (Å²) in [5.74, 6) is 0. The molecule has 2 aliphatic heterocycles. The molecule has 1 aromatic heterocycles. The molecule has 7 nitrogen and oxygen atoms in total. The molecule has 3 heterocycles. The highest BCUT2D eigenvalue weighted by atomic mass is 79.9. The molecule has 2 aliphatic rings. The molecule has 6 rings (SSSR count). The van der Waals surface area contributed by atoms with Crippen molar-refractivity contribution in [1.82, 2.24) is 14.5 Å². The summed E-state index contributed by atoms with van der Waals surface area (Å²) in [6, 6.07) is 27.0. The normalized spacial score (nSPS) is 23.2. The van der Waals surface area contributed by atoms with Crippen LogP contribution in [0, 0.1) is 0 Å². The smallest absolute Gasteiger partial charge is 0.295 e. The number of thiazole rings is 1. The van der Waals surface area contributed by atoms with Gasteiger partial charge in [0.2, 0.25) is 16.1 Å². The summed E-state index contributed by atoms with van der Waals surface area (Å²) >= 11 is 4.86. The molecule has 3 aromatic carbocycles. The van der Waals surface area contributed by atoms with Gasteiger partial charge in [-0.05, 0) is 17.7 Å². The van der Waals surface area contributed by atoms with Crippen LogP contribution in [0.3, 0.4) is 0 Å². The van der Waals surface area contributed by atoms with Crippen molar-refractivity contribution in [3.8, 4) is 0 Å². The monoisotopic (exact) mass is 559 g/mol. The van der Waals surface area contributed by atoms with Gasteiger partial charge in [0.1, 0.15) is 0 Å². The predicted octanol–water partition coefficient (Wildman–Crippen LogP) is 3.38. The number of carbonyl (C=O) groups excluding carboxylic acids is 1. The van der Waals surface area contributed by atoms with E-state index in [-0.39, 0.29) is 11.6 Å². The number of fused-ring (bicyclic) bond motifs is 2. The van der Waals surface area contributed by atoms with E-state index in [0.29, 0.717) is 9.33 Å². The van der Waals surface area contributed by atoms with Gasteiger partial charge >= 0.3 is 6.03 Å². The first-order valence-electron chi connectivity index (χ1n) is 11.4. The Bertz CT molecular complexity index is 1670. The number of nitrogens with one attached hydrogen (secondary N) is 1. The predicted molar refractivity (Wildman–Crippen MR) is 144 cm³/mol. The first-order chi connectivity index (χ1) is 17.4. The Morgan fingerprint density at radius 2 is 1.47 bits per heavy atom. The van der Waals surface area contributed by atoms with Crippen molar-refractivity contribution in [3.63, 3.8) is 0 Å². The summed E-state index contributed by atoms with van der Waals surface area (Å²) in [4.78, 5) is 36.3. The molecule has 0 spiro atoms. The topological polar surface area (TPSA) is 69.9 Å². The average Bonchev–Trinajstić information content (AvgIpc) is 3.30. The fourth-order valence-electron chi connectivity index (χ4n) is 5.25. The Morgan fingerprint density at radius 3 is 2.14 bits per heavy atom. The molecule has 180 valence electrons. The fourth-order valence-corrected chi connectivity index (χ4v) is 6.61. The molecule has 36 heavy (non-hydrogen) atoms. The minimum Gasteiger partial charge on any atom is -0.295 e. The van der Waals surface area contributed by atoms with Gasteiger partial charge in [0.25, 0.3) is 5.56 Å². The Hall–Kier alpha value is -3.69. The highest BCUT2D eigenvalue weighted by Gasteiger charge is 2.69. The summed E-state index contributed by atoms with van der Waals surface area (Å²) in [6.07, 6.45) is 1.86. The zero-order valence-electron chi connectivity index (χ0n) is 19.6. The van der Waals surface area contributed by atoms with Gasteiger partial charge in [-0.1, -0.05) is 106 Å². The number of nitrogens with zero attached hydrogens (tertiary/aromatic N) is 4. The molecular weight excluding hydrogens is 538 g/mol. The second-order valence-electron chi connectivity index (χ2n) is 8.79. The van der Waals surface area contributed by atoms with Crippen molar-refractivity contribution in [1.29, 1.82) is 0 Å². The lowest BCUT2D eigenvalue weighted by Crippen LogP contribution is -2.67. The van der Waals surface area contributed by atoms with E-state index in [2.05, 4.69) is 21.4 Å². The van der Waals surface area contributed by atoms with E-state index >= 15 is 0 Å². The number of urea groups is 1. The summed E-state index contributed by atoms with van der Waals surface area (Å²) in [5, 5.41) is 0. The number of hydrogen-bond donors (Lipinski definition) is 1. The summed E-state index contributed by atoms with van der Waals surface area (Å²) < 4.78 is 2.91. The molecule has 2 unspecified atom stereocenters. The number of benzene rings is 3. The van der Waals surface area contributed by atoms with E-state index < -0.39 is 11.3 Å². The van der Waals surface area contributed by atoms with E-state index in [9.17, 15) is 9.59 Å². The maximum atomic E-state index is 13.7. The highest BCUT2D eigenvalue weighted by molar-refractivity contribution is 9.10. The van der Waals surface area contributed by atoms with Crippen molar-refractivity contribution in [2.45, 2.75) is 11.3 Å². The third kappa shape index (κ3) is 2.93. The molecule has 1 saturated heterocycles. The number of hydrogen-bond acceptors (Lipinski definition) is 5. The molecule has 4 aromatic rings. The Kier molecular flexibility index (Phi) is 5.17. The quantitative estimate of drug-likeness (QED) is 0.418. The Balaban J connectivity index is 1.72. The lowest BCUT2D eigenvalue weighted by Gasteiger charge is -2.49. The minimum atomic E-state index is -1.18. The fraction of sp³-hybridized carbons (Fsp3) is 0.148. The van der Waals surface area contributed by atoms with Crippen molar-refractivity contribution >= 4 is 39.4 Å². The van der Waals surface area contributed by atoms with Crippen LogP contribution in [0.5, 0.6) is 0 Å². The molecule has 0 aliphatic carbocycles. The van der Waals surface area contributed by atoms with Gasteiger partial charge in [0.05, 0.1) is 4.53 Å². The van der Waals surface area contributed by atoms with Gasteiger partial charge in [-0.15, -0.1) is 0 Å². The van der Waals surface area contributed by atoms with Crippen LogP contribution in [-0.4, -0.2) is 34.6 Å². The maximum Gasteiger partial charge on any atom is 0.324 e. The van der Waals surface area contributed by atoms with E-state index in [1.807, 2.05) is 91.0 Å². The van der Waals surface area contributed by atoms with Gasteiger partial charge < -0.3 is 0 Å². The summed E-state index contributed by atoms with van der Waals surface area (Å²) in [5.41, 5.74) is 3.47. The number of likely N-dealkylation sites (N-methyl/N-ethyl adjacent to an activating group) is 2. The van der Waals surface area contributed by atoms with E-state index in [4.69, 9.17) is 4.99 Å².